The molecule has 0 saturated carbocycles. The Bertz CT molecular complexity index is 1230. The first-order valence-corrected chi connectivity index (χ1v) is 11.6. The monoisotopic (exact) mass is 460 g/mol. The number of aromatic nitrogens is 2. The Balaban J connectivity index is 1.29. The van der Waals surface area contributed by atoms with E-state index in [1.165, 1.54) is 0 Å². The number of hydrogen-bond donors (Lipinski definition) is 2. The first kappa shape index (κ1) is 22.1. The second-order valence-electron chi connectivity index (χ2n) is 8.95. The van der Waals surface area contributed by atoms with Crippen LogP contribution in [0, 0.1) is 0 Å². The quantitative estimate of drug-likeness (QED) is 0.565. The Morgan fingerprint density at radius 1 is 1.06 bits per heavy atom. The number of piperazine rings is 1. The highest BCUT2D eigenvalue weighted by atomic mass is 16.2. The summed E-state index contributed by atoms with van der Waals surface area (Å²) in [6.07, 6.45) is 0.694. The number of fused-ring (bicyclic) bond motifs is 1. The van der Waals surface area contributed by atoms with Gasteiger partial charge in [-0.3, -0.25) is 24.4 Å². The van der Waals surface area contributed by atoms with Crippen LogP contribution in [0.15, 0.2) is 48.5 Å². The van der Waals surface area contributed by atoms with Crippen molar-refractivity contribution in [2.24, 2.45) is 0 Å². The Morgan fingerprint density at radius 2 is 1.79 bits per heavy atom. The van der Waals surface area contributed by atoms with Gasteiger partial charge in [-0.15, -0.1) is 0 Å². The SMILES string of the molecule is CN1CCN(c2ccc(NC(=O)Cn3nc(C4CCC(=O)NC4=O)c4ccccc43)cc2)CC1. The lowest BCUT2D eigenvalue weighted by molar-refractivity contribution is -0.134. The van der Waals surface area contributed by atoms with Gasteiger partial charge in [0.15, 0.2) is 0 Å². The minimum atomic E-state index is -0.506. The molecular weight excluding hydrogens is 432 g/mol. The van der Waals surface area contributed by atoms with Crippen molar-refractivity contribution in [3.63, 3.8) is 0 Å². The molecular formula is C25H28N6O3. The summed E-state index contributed by atoms with van der Waals surface area (Å²) >= 11 is 0. The van der Waals surface area contributed by atoms with Crippen molar-refractivity contribution >= 4 is 40.0 Å². The third-order valence-corrected chi connectivity index (χ3v) is 6.57. The molecule has 1 aromatic heterocycles. The van der Waals surface area contributed by atoms with Gasteiger partial charge >= 0.3 is 0 Å². The number of anilines is 2. The highest BCUT2D eigenvalue weighted by Crippen LogP contribution is 2.30. The number of piperidine rings is 1. The molecule has 3 amide bonds. The zero-order chi connectivity index (χ0) is 23.7. The van der Waals surface area contributed by atoms with E-state index in [1.54, 1.807) is 4.68 Å². The number of amides is 3. The topological polar surface area (TPSA) is 99.6 Å². The Hall–Kier alpha value is -3.72. The molecule has 0 radical (unpaired) electrons. The van der Waals surface area contributed by atoms with Gasteiger partial charge in [0.05, 0.1) is 17.1 Å². The van der Waals surface area contributed by atoms with Crippen LogP contribution in [0.4, 0.5) is 11.4 Å². The molecule has 2 fully saturated rings. The number of hydrogen-bond acceptors (Lipinski definition) is 6. The normalized spacial score (nSPS) is 19.3. The van der Waals surface area contributed by atoms with Crippen LogP contribution in [0.25, 0.3) is 10.9 Å². The van der Waals surface area contributed by atoms with Crippen LogP contribution in [0.3, 0.4) is 0 Å². The molecule has 0 aliphatic carbocycles. The van der Waals surface area contributed by atoms with E-state index >= 15 is 0 Å². The number of likely N-dealkylation sites (N-methyl/N-ethyl adjacent to an activating group) is 1. The molecule has 9 nitrogen and oxygen atoms in total. The van der Waals surface area contributed by atoms with Gasteiger partial charge in [0, 0.05) is 49.4 Å². The lowest BCUT2D eigenvalue weighted by Gasteiger charge is -2.34. The van der Waals surface area contributed by atoms with Crippen LogP contribution in [-0.4, -0.2) is 65.6 Å². The summed E-state index contributed by atoms with van der Waals surface area (Å²) in [4.78, 5) is 41.4. The van der Waals surface area contributed by atoms with Crippen LogP contribution in [0.2, 0.25) is 0 Å². The summed E-state index contributed by atoms with van der Waals surface area (Å²) in [5.41, 5.74) is 3.26. The van der Waals surface area contributed by atoms with Crippen molar-refractivity contribution in [2.45, 2.75) is 25.3 Å². The molecule has 1 atom stereocenters. The molecule has 1 unspecified atom stereocenters. The van der Waals surface area contributed by atoms with Gasteiger partial charge in [0.1, 0.15) is 6.54 Å². The number of imide groups is 1. The predicted octanol–water partition coefficient (Wildman–Crippen LogP) is 1.95. The van der Waals surface area contributed by atoms with Gasteiger partial charge in [-0.25, -0.2) is 0 Å². The number of nitrogens with one attached hydrogen (secondary N) is 2. The summed E-state index contributed by atoms with van der Waals surface area (Å²) in [6, 6.07) is 15.4. The number of para-hydroxylation sites is 1. The summed E-state index contributed by atoms with van der Waals surface area (Å²) < 4.78 is 1.63. The zero-order valence-electron chi connectivity index (χ0n) is 19.2. The van der Waals surface area contributed by atoms with Gasteiger partial charge in [-0.1, -0.05) is 18.2 Å². The molecule has 2 aliphatic rings. The third kappa shape index (κ3) is 4.51. The van der Waals surface area contributed by atoms with E-state index in [0.717, 1.165) is 48.5 Å². The third-order valence-electron chi connectivity index (χ3n) is 6.57. The molecule has 0 bridgehead atoms. The number of benzene rings is 2. The first-order chi connectivity index (χ1) is 16.5. The molecule has 2 aromatic carbocycles. The van der Waals surface area contributed by atoms with Crippen LogP contribution < -0.4 is 15.5 Å². The van der Waals surface area contributed by atoms with Crippen molar-refractivity contribution < 1.29 is 14.4 Å². The highest BCUT2D eigenvalue weighted by molar-refractivity contribution is 6.02. The maximum atomic E-state index is 12.8. The van der Waals surface area contributed by atoms with E-state index in [-0.39, 0.29) is 30.7 Å². The average Bonchev–Trinajstić information content (AvgIpc) is 3.18. The Labute approximate surface area is 197 Å². The van der Waals surface area contributed by atoms with Crippen LogP contribution in [0.5, 0.6) is 0 Å². The molecule has 9 heteroatoms. The fraction of sp³-hybridized carbons (Fsp3) is 0.360. The smallest absolute Gasteiger partial charge is 0.246 e. The van der Waals surface area contributed by atoms with Crippen LogP contribution >= 0.6 is 0 Å². The van der Waals surface area contributed by atoms with Gasteiger partial charge in [0.2, 0.25) is 17.7 Å². The molecule has 5 rings (SSSR count). The molecule has 3 heterocycles. The molecule has 0 spiro atoms. The number of nitrogens with zero attached hydrogens (tertiary/aromatic N) is 4. The van der Waals surface area contributed by atoms with E-state index in [0.29, 0.717) is 12.1 Å². The molecule has 2 aliphatic heterocycles. The Morgan fingerprint density at radius 3 is 2.53 bits per heavy atom. The summed E-state index contributed by atoms with van der Waals surface area (Å²) in [5, 5.41) is 10.8. The standard InChI is InChI=1S/C25H28N6O3/c1-29-12-14-30(15-13-29)18-8-6-17(7-9-18)26-23(33)16-31-21-5-3-2-4-19(21)24(28-31)20-10-11-22(32)27-25(20)34/h2-9,20H,10-16H2,1H3,(H,26,33)(H,27,32,34). The highest BCUT2D eigenvalue weighted by Gasteiger charge is 2.32. The molecule has 34 heavy (non-hydrogen) atoms. The van der Waals surface area contributed by atoms with Crippen molar-refractivity contribution in [1.29, 1.82) is 0 Å². The maximum Gasteiger partial charge on any atom is 0.246 e. The van der Waals surface area contributed by atoms with E-state index in [4.69, 9.17) is 0 Å². The molecule has 2 N–H and O–H groups in total. The summed E-state index contributed by atoms with van der Waals surface area (Å²) in [6.45, 7) is 4.08. The zero-order valence-corrected chi connectivity index (χ0v) is 19.2. The van der Waals surface area contributed by atoms with E-state index in [9.17, 15) is 14.4 Å². The lowest BCUT2D eigenvalue weighted by atomic mass is 9.93. The fourth-order valence-corrected chi connectivity index (χ4v) is 4.64. The summed E-state index contributed by atoms with van der Waals surface area (Å²) in [7, 11) is 2.13. The molecule has 2 saturated heterocycles. The number of carbonyl (C=O) groups excluding carboxylic acids is 3. The van der Waals surface area contributed by atoms with Crippen molar-refractivity contribution in [1.82, 2.24) is 20.0 Å². The van der Waals surface area contributed by atoms with Gasteiger partial charge in [-0.2, -0.15) is 5.10 Å². The maximum absolute atomic E-state index is 12.8. The average molecular weight is 461 g/mol. The minimum absolute atomic E-state index is 0.0218. The minimum Gasteiger partial charge on any atom is -0.369 e. The van der Waals surface area contributed by atoms with Crippen LogP contribution in [0.1, 0.15) is 24.5 Å². The lowest BCUT2D eigenvalue weighted by Crippen LogP contribution is -2.44. The number of carbonyl (C=O) groups is 3. The van der Waals surface area contributed by atoms with Crippen molar-refractivity contribution in [3.8, 4) is 0 Å². The van der Waals surface area contributed by atoms with Crippen LogP contribution in [-0.2, 0) is 20.9 Å². The summed E-state index contributed by atoms with van der Waals surface area (Å²) in [5.74, 6) is -1.30. The van der Waals surface area contributed by atoms with E-state index in [1.807, 2.05) is 48.5 Å². The van der Waals surface area contributed by atoms with Gasteiger partial charge in [-0.05, 0) is 43.8 Å². The second kappa shape index (κ2) is 9.26. The van der Waals surface area contributed by atoms with Gasteiger partial charge in [0.25, 0.3) is 0 Å². The molecule has 3 aromatic rings. The van der Waals surface area contributed by atoms with E-state index in [2.05, 4.69) is 32.6 Å². The second-order valence-corrected chi connectivity index (χ2v) is 8.95. The van der Waals surface area contributed by atoms with Crippen molar-refractivity contribution in [3.05, 3.63) is 54.2 Å². The van der Waals surface area contributed by atoms with Gasteiger partial charge < -0.3 is 15.1 Å². The molecule has 176 valence electrons. The predicted molar refractivity (Wildman–Crippen MR) is 130 cm³/mol. The fourth-order valence-electron chi connectivity index (χ4n) is 4.64. The first-order valence-electron chi connectivity index (χ1n) is 11.6. The largest absolute Gasteiger partial charge is 0.369 e. The van der Waals surface area contributed by atoms with E-state index < -0.39 is 5.92 Å². The number of rotatable bonds is 5. The van der Waals surface area contributed by atoms with Crippen molar-refractivity contribution in [2.75, 3.05) is 43.4 Å². The Kier molecular flexibility index (Phi) is 6.02.